The Morgan fingerprint density at radius 3 is 2.71 bits per heavy atom. The molecule has 3 N–H and O–H groups in total. The van der Waals surface area contributed by atoms with Gasteiger partial charge in [0.25, 0.3) is 5.91 Å². The molecule has 1 amide bonds. The molecule has 1 atom stereocenters. The highest BCUT2D eigenvalue weighted by atomic mass is 16.5. The molecule has 4 rings (SSSR count). The van der Waals surface area contributed by atoms with Gasteiger partial charge in [0.15, 0.2) is 0 Å². The number of methoxy groups -OCH3 is 1. The average Bonchev–Trinajstić information content (AvgIpc) is 2.97. The third-order valence-electron chi connectivity index (χ3n) is 5.81. The highest BCUT2D eigenvalue weighted by Crippen LogP contribution is 2.38. The van der Waals surface area contributed by atoms with Gasteiger partial charge in [-0.1, -0.05) is 6.07 Å². The molecule has 0 spiro atoms. The number of aromatic amines is 1. The Labute approximate surface area is 163 Å². The first-order valence-corrected chi connectivity index (χ1v) is 9.54. The van der Waals surface area contributed by atoms with Crippen LogP contribution in [0.25, 0.3) is 10.9 Å². The van der Waals surface area contributed by atoms with Gasteiger partial charge in [0.05, 0.1) is 19.3 Å². The Balaban J connectivity index is 1.60. The molecule has 3 aromatic rings. The second-order valence-electron chi connectivity index (χ2n) is 7.61. The SMILES string of the molecule is COc1ccc([C@H](NC(=O)c2ccc3[nH]c(C)c(C)c3c2)C2CC(O)C2)cn1. The number of fused-ring (bicyclic) bond motifs is 1. The molecule has 0 bridgehead atoms. The number of benzene rings is 1. The van der Waals surface area contributed by atoms with Gasteiger partial charge in [-0.3, -0.25) is 4.79 Å². The third kappa shape index (κ3) is 3.36. The third-order valence-corrected chi connectivity index (χ3v) is 5.81. The van der Waals surface area contributed by atoms with E-state index in [1.54, 1.807) is 19.4 Å². The van der Waals surface area contributed by atoms with Crippen molar-refractivity contribution in [1.82, 2.24) is 15.3 Å². The molecule has 2 aromatic heterocycles. The minimum absolute atomic E-state index is 0.123. The number of nitrogens with one attached hydrogen (secondary N) is 2. The van der Waals surface area contributed by atoms with Gasteiger partial charge in [-0.25, -0.2) is 4.98 Å². The number of hydrogen-bond donors (Lipinski definition) is 3. The zero-order valence-electron chi connectivity index (χ0n) is 16.3. The van der Waals surface area contributed by atoms with Crippen LogP contribution in [0.3, 0.4) is 0 Å². The topological polar surface area (TPSA) is 87.2 Å². The zero-order chi connectivity index (χ0) is 19.8. The second kappa shape index (κ2) is 7.28. The van der Waals surface area contributed by atoms with E-state index in [2.05, 4.69) is 22.2 Å². The summed E-state index contributed by atoms with van der Waals surface area (Å²) < 4.78 is 5.13. The summed E-state index contributed by atoms with van der Waals surface area (Å²) in [6.45, 7) is 4.08. The molecule has 0 unspecified atom stereocenters. The van der Waals surface area contributed by atoms with Gasteiger partial charge in [-0.05, 0) is 61.9 Å². The lowest BCUT2D eigenvalue weighted by atomic mass is 9.75. The van der Waals surface area contributed by atoms with E-state index >= 15 is 0 Å². The molecule has 146 valence electrons. The number of nitrogens with zero attached hydrogens (tertiary/aromatic N) is 1. The minimum atomic E-state index is -0.294. The maximum Gasteiger partial charge on any atom is 0.251 e. The quantitative estimate of drug-likeness (QED) is 0.634. The predicted octanol–water partition coefficient (Wildman–Crippen LogP) is 3.43. The Morgan fingerprint density at radius 1 is 1.29 bits per heavy atom. The molecule has 0 aliphatic heterocycles. The molecular weight excluding hydrogens is 354 g/mol. The van der Waals surface area contributed by atoms with E-state index in [0.29, 0.717) is 24.3 Å². The highest BCUT2D eigenvalue weighted by molar-refractivity contribution is 5.99. The van der Waals surface area contributed by atoms with Crippen LogP contribution in [0.15, 0.2) is 36.5 Å². The fourth-order valence-electron chi connectivity index (χ4n) is 3.90. The van der Waals surface area contributed by atoms with E-state index in [0.717, 1.165) is 27.7 Å². The van der Waals surface area contributed by atoms with Gasteiger partial charge in [-0.2, -0.15) is 0 Å². The summed E-state index contributed by atoms with van der Waals surface area (Å²) in [6, 6.07) is 9.24. The van der Waals surface area contributed by atoms with E-state index in [9.17, 15) is 9.90 Å². The smallest absolute Gasteiger partial charge is 0.251 e. The van der Waals surface area contributed by atoms with Crippen LogP contribution in [0.1, 0.15) is 46.1 Å². The number of H-pyrrole nitrogens is 1. The van der Waals surface area contributed by atoms with E-state index in [-0.39, 0.29) is 24.0 Å². The van der Waals surface area contributed by atoms with Crippen LogP contribution in [0.4, 0.5) is 0 Å². The van der Waals surface area contributed by atoms with Crippen LogP contribution in [-0.4, -0.2) is 34.2 Å². The summed E-state index contributed by atoms with van der Waals surface area (Å²) in [7, 11) is 1.57. The number of carbonyl (C=O) groups is 1. The van der Waals surface area contributed by atoms with Crippen molar-refractivity contribution in [2.24, 2.45) is 5.92 Å². The van der Waals surface area contributed by atoms with E-state index in [1.165, 1.54) is 0 Å². The second-order valence-corrected chi connectivity index (χ2v) is 7.61. The lowest BCUT2D eigenvalue weighted by Gasteiger charge is -2.38. The summed E-state index contributed by atoms with van der Waals surface area (Å²) in [5.74, 6) is 0.600. The first kappa shape index (κ1) is 18.5. The number of pyridine rings is 1. The Hall–Kier alpha value is -2.86. The van der Waals surface area contributed by atoms with Crippen molar-refractivity contribution in [3.63, 3.8) is 0 Å². The number of carbonyl (C=O) groups excluding carboxylic acids is 1. The maximum atomic E-state index is 13.0. The minimum Gasteiger partial charge on any atom is -0.481 e. The lowest BCUT2D eigenvalue weighted by Crippen LogP contribution is -2.41. The monoisotopic (exact) mass is 379 g/mol. The number of aryl methyl sites for hydroxylation is 2. The normalized spacial score (nSPS) is 19.9. The number of aliphatic hydroxyl groups excluding tert-OH is 1. The summed E-state index contributed by atoms with van der Waals surface area (Å²) in [5.41, 5.74) is 4.84. The summed E-state index contributed by atoms with van der Waals surface area (Å²) in [6.07, 6.45) is 2.78. The molecule has 0 saturated heterocycles. The van der Waals surface area contributed by atoms with E-state index in [1.807, 2.05) is 31.2 Å². The molecular formula is C22H25N3O3. The van der Waals surface area contributed by atoms with Crippen molar-refractivity contribution < 1.29 is 14.6 Å². The summed E-state index contributed by atoms with van der Waals surface area (Å²) in [4.78, 5) is 20.6. The van der Waals surface area contributed by atoms with Gasteiger partial charge in [-0.15, -0.1) is 0 Å². The van der Waals surface area contributed by atoms with Crippen LogP contribution in [0.2, 0.25) is 0 Å². The van der Waals surface area contributed by atoms with Gasteiger partial charge < -0.3 is 20.1 Å². The Kier molecular flexibility index (Phi) is 4.81. The molecule has 1 aliphatic rings. The number of aromatic nitrogens is 2. The lowest BCUT2D eigenvalue weighted by molar-refractivity contribution is 0.0234. The fraction of sp³-hybridized carbons (Fsp3) is 0.364. The number of rotatable bonds is 5. The molecule has 0 radical (unpaired) electrons. The molecule has 28 heavy (non-hydrogen) atoms. The van der Waals surface area contributed by atoms with Crippen LogP contribution in [0.5, 0.6) is 5.88 Å². The number of hydrogen-bond acceptors (Lipinski definition) is 4. The number of ether oxygens (including phenoxy) is 1. The molecule has 1 aliphatic carbocycles. The molecule has 6 heteroatoms. The largest absolute Gasteiger partial charge is 0.481 e. The van der Waals surface area contributed by atoms with Crippen molar-refractivity contribution in [3.05, 3.63) is 58.9 Å². The zero-order valence-corrected chi connectivity index (χ0v) is 16.3. The van der Waals surface area contributed by atoms with Crippen molar-refractivity contribution in [1.29, 1.82) is 0 Å². The van der Waals surface area contributed by atoms with Gasteiger partial charge in [0.2, 0.25) is 5.88 Å². The van der Waals surface area contributed by atoms with E-state index in [4.69, 9.17) is 4.74 Å². The number of aliphatic hydroxyl groups is 1. The first-order valence-electron chi connectivity index (χ1n) is 9.54. The van der Waals surface area contributed by atoms with Crippen LogP contribution in [0, 0.1) is 19.8 Å². The maximum absolute atomic E-state index is 13.0. The van der Waals surface area contributed by atoms with Gasteiger partial charge >= 0.3 is 0 Å². The molecule has 1 saturated carbocycles. The molecule has 2 heterocycles. The van der Waals surface area contributed by atoms with Crippen molar-refractivity contribution in [2.45, 2.75) is 38.8 Å². The van der Waals surface area contributed by atoms with Crippen molar-refractivity contribution >= 4 is 16.8 Å². The first-order chi connectivity index (χ1) is 13.5. The fourth-order valence-corrected chi connectivity index (χ4v) is 3.90. The Morgan fingerprint density at radius 2 is 2.07 bits per heavy atom. The van der Waals surface area contributed by atoms with Crippen LogP contribution >= 0.6 is 0 Å². The highest BCUT2D eigenvalue weighted by Gasteiger charge is 2.36. The Bertz CT molecular complexity index is 1000. The van der Waals surface area contributed by atoms with Gasteiger partial charge in [0.1, 0.15) is 0 Å². The number of amides is 1. The van der Waals surface area contributed by atoms with Crippen LogP contribution < -0.4 is 10.1 Å². The predicted molar refractivity (Wildman–Crippen MR) is 107 cm³/mol. The van der Waals surface area contributed by atoms with Crippen LogP contribution in [-0.2, 0) is 0 Å². The van der Waals surface area contributed by atoms with Crippen molar-refractivity contribution in [3.8, 4) is 5.88 Å². The van der Waals surface area contributed by atoms with Gasteiger partial charge in [0, 0.05) is 34.4 Å². The molecule has 1 fully saturated rings. The average molecular weight is 379 g/mol. The molecule has 6 nitrogen and oxygen atoms in total. The standard InChI is InChI=1S/C22H25N3O3/c1-12-13(2)24-19-6-4-14(10-18(12)19)22(27)25-21(16-8-17(26)9-16)15-5-7-20(28-3)23-11-15/h4-7,10-11,16-17,21,24,26H,8-9H2,1-3H3,(H,25,27)/t16?,17?,21-/m0/s1. The molecule has 1 aromatic carbocycles. The van der Waals surface area contributed by atoms with Crippen molar-refractivity contribution in [2.75, 3.05) is 7.11 Å². The van der Waals surface area contributed by atoms with E-state index < -0.39 is 0 Å². The summed E-state index contributed by atoms with van der Waals surface area (Å²) >= 11 is 0. The summed E-state index contributed by atoms with van der Waals surface area (Å²) in [5, 5.41) is 14.0.